The number of aliphatic hydroxyl groups is 1. The fourth-order valence-corrected chi connectivity index (χ4v) is 3.15. The Morgan fingerprint density at radius 3 is 2.38 bits per heavy atom. The van der Waals surface area contributed by atoms with Crippen LogP contribution in [0.2, 0.25) is 0 Å². The summed E-state index contributed by atoms with van der Waals surface area (Å²) in [4.78, 5) is 0. The minimum absolute atomic E-state index is 0.334. The summed E-state index contributed by atoms with van der Waals surface area (Å²) in [5.41, 5.74) is 0.334. The van der Waals surface area contributed by atoms with Crippen LogP contribution in [0.3, 0.4) is 0 Å². The maximum absolute atomic E-state index is 9.33. The van der Waals surface area contributed by atoms with E-state index < -0.39 is 0 Å². The average molecular weight is 184 g/mol. The van der Waals surface area contributed by atoms with Gasteiger partial charge in [-0.25, -0.2) is 0 Å². The number of hydrogen-bond donors (Lipinski definition) is 1. The Kier molecular flexibility index (Phi) is 3.39. The molecule has 1 heteroatoms. The summed E-state index contributed by atoms with van der Waals surface area (Å²) in [7, 11) is 0. The molecule has 2 atom stereocenters. The molecule has 0 aromatic rings. The van der Waals surface area contributed by atoms with Crippen molar-refractivity contribution >= 4 is 0 Å². The zero-order valence-corrected chi connectivity index (χ0v) is 9.51. The molecule has 1 nitrogen and oxygen atoms in total. The predicted molar refractivity (Wildman–Crippen MR) is 56.5 cm³/mol. The van der Waals surface area contributed by atoms with Crippen LogP contribution in [-0.2, 0) is 0 Å². The second-order valence-corrected chi connectivity index (χ2v) is 5.48. The molecule has 78 valence electrons. The molecule has 0 bridgehead atoms. The van der Waals surface area contributed by atoms with Gasteiger partial charge in [-0.15, -0.1) is 0 Å². The van der Waals surface area contributed by atoms with E-state index in [4.69, 9.17) is 0 Å². The second kappa shape index (κ2) is 4.00. The minimum Gasteiger partial charge on any atom is -0.396 e. The van der Waals surface area contributed by atoms with E-state index in [1.54, 1.807) is 0 Å². The molecular weight excluding hydrogens is 160 g/mol. The molecule has 1 saturated carbocycles. The molecular formula is C12H24O. The second-order valence-electron chi connectivity index (χ2n) is 5.48. The molecule has 1 rings (SSSR count). The van der Waals surface area contributed by atoms with E-state index in [1.165, 1.54) is 19.3 Å². The van der Waals surface area contributed by atoms with Crippen molar-refractivity contribution in [1.82, 2.24) is 0 Å². The maximum atomic E-state index is 9.33. The molecule has 0 saturated heterocycles. The van der Waals surface area contributed by atoms with Crippen LogP contribution in [0.5, 0.6) is 0 Å². The zero-order valence-electron chi connectivity index (χ0n) is 9.51. The van der Waals surface area contributed by atoms with Crippen LogP contribution in [0, 0.1) is 23.2 Å². The van der Waals surface area contributed by atoms with E-state index in [9.17, 15) is 5.11 Å². The topological polar surface area (TPSA) is 20.2 Å². The molecule has 0 aliphatic heterocycles. The van der Waals surface area contributed by atoms with Gasteiger partial charge >= 0.3 is 0 Å². The van der Waals surface area contributed by atoms with Gasteiger partial charge in [0.1, 0.15) is 0 Å². The van der Waals surface area contributed by atoms with Crippen LogP contribution in [-0.4, -0.2) is 11.7 Å². The van der Waals surface area contributed by atoms with Gasteiger partial charge in [0.25, 0.3) is 0 Å². The summed E-state index contributed by atoms with van der Waals surface area (Å²) in [5, 5.41) is 9.33. The third kappa shape index (κ3) is 2.07. The monoisotopic (exact) mass is 184 g/mol. The summed E-state index contributed by atoms with van der Waals surface area (Å²) >= 11 is 0. The lowest BCUT2D eigenvalue weighted by Gasteiger charge is -2.46. The summed E-state index contributed by atoms with van der Waals surface area (Å²) in [5.74, 6) is 2.07. The number of hydrogen-bond acceptors (Lipinski definition) is 1. The number of aliphatic hydroxyl groups excluding tert-OH is 1. The largest absolute Gasteiger partial charge is 0.396 e. The van der Waals surface area contributed by atoms with E-state index in [0.29, 0.717) is 17.9 Å². The van der Waals surface area contributed by atoms with Crippen molar-refractivity contribution in [3.8, 4) is 0 Å². The van der Waals surface area contributed by atoms with Crippen molar-refractivity contribution in [1.29, 1.82) is 0 Å². The Morgan fingerprint density at radius 2 is 1.92 bits per heavy atom. The SMILES string of the molecule is CC(C)C1CCCC(CO)C1(C)C. The quantitative estimate of drug-likeness (QED) is 0.699. The molecule has 0 heterocycles. The van der Waals surface area contributed by atoms with Gasteiger partial charge in [0.2, 0.25) is 0 Å². The molecule has 0 aromatic carbocycles. The van der Waals surface area contributed by atoms with Crippen molar-refractivity contribution in [3.05, 3.63) is 0 Å². The molecule has 13 heavy (non-hydrogen) atoms. The molecule has 1 fully saturated rings. The fraction of sp³-hybridized carbons (Fsp3) is 1.00. The van der Waals surface area contributed by atoms with E-state index in [1.807, 2.05) is 0 Å². The van der Waals surface area contributed by atoms with Gasteiger partial charge in [0, 0.05) is 6.61 Å². The zero-order chi connectivity index (χ0) is 10.1. The molecule has 0 radical (unpaired) electrons. The Hall–Kier alpha value is -0.0400. The Morgan fingerprint density at radius 1 is 1.31 bits per heavy atom. The van der Waals surface area contributed by atoms with Gasteiger partial charge in [-0.05, 0) is 36.0 Å². The molecule has 1 N–H and O–H groups in total. The van der Waals surface area contributed by atoms with Crippen LogP contribution >= 0.6 is 0 Å². The van der Waals surface area contributed by atoms with Crippen molar-refractivity contribution in [3.63, 3.8) is 0 Å². The molecule has 1 aliphatic rings. The summed E-state index contributed by atoms with van der Waals surface area (Å²) < 4.78 is 0. The number of rotatable bonds is 2. The van der Waals surface area contributed by atoms with E-state index in [2.05, 4.69) is 27.7 Å². The highest BCUT2D eigenvalue weighted by Gasteiger charge is 2.40. The molecule has 0 spiro atoms. The van der Waals surface area contributed by atoms with Crippen LogP contribution in [0.1, 0.15) is 47.0 Å². The average Bonchev–Trinajstić information content (AvgIpc) is 2.02. The maximum Gasteiger partial charge on any atom is 0.0464 e. The molecule has 0 aromatic heterocycles. The lowest BCUT2D eigenvalue weighted by Crippen LogP contribution is -2.40. The first kappa shape index (κ1) is 11.0. The van der Waals surface area contributed by atoms with Gasteiger partial charge in [0.15, 0.2) is 0 Å². The first-order chi connectivity index (χ1) is 6.00. The highest BCUT2D eigenvalue weighted by atomic mass is 16.3. The molecule has 2 unspecified atom stereocenters. The standard InChI is InChI=1S/C12H24O/c1-9(2)11-7-5-6-10(8-13)12(11,3)4/h9-11,13H,5-8H2,1-4H3. The van der Waals surface area contributed by atoms with Crippen molar-refractivity contribution < 1.29 is 5.11 Å². The van der Waals surface area contributed by atoms with Gasteiger partial charge in [0.05, 0.1) is 0 Å². The predicted octanol–water partition coefficient (Wildman–Crippen LogP) is 3.08. The van der Waals surface area contributed by atoms with Crippen LogP contribution in [0.15, 0.2) is 0 Å². The Bertz CT molecular complexity index is 161. The Balaban J connectivity index is 2.74. The highest BCUT2D eigenvalue weighted by molar-refractivity contribution is 4.90. The Labute approximate surface area is 82.5 Å². The summed E-state index contributed by atoms with van der Waals surface area (Å²) in [6.45, 7) is 9.66. The lowest BCUT2D eigenvalue weighted by molar-refractivity contribution is -0.00131. The third-order valence-corrected chi connectivity index (χ3v) is 4.10. The first-order valence-corrected chi connectivity index (χ1v) is 5.61. The van der Waals surface area contributed by atoms with Crippen LogP contribution < -0.4 is 0 Å². The van der Waals surface area contributed by atoms with E-state index >= 15 is 0 Å². The van der Waals surface area contributed by atoms with Crippen molar-refractivity contribution in [2.45, 2.75) is 47.0 Å². The van der Waals surface area contributed by atoms with Crippen molar-refractivity contribution in [2.75, 3.05) is 6.61 Å². The van der Waals surface area contributed by atoms with Gasteiger partial charge < -0.3 is 5.11 Å². The lowest BCUT2D eigenvalue weighted by atomic mass is 9.59. The smallest absolute Gasteiger partial charge is 0.0464 e. The van der Waals surface area contributed by atoms with Gasteiger partial charge in [-0.2, -0.15) is 0 Å². The normalized spacial score (nSPS) is 33.7. The van der Waals surface area contributed by atoms with Crippen LogP contribution in [0.25, 0.3) is 0 Å². The van der Waals surface area contributed by atoms with E-state index in [0.717, 1.165) is 11.8 Å². The molecule has 0 amide bonds. The third-order valence-electron chi connectivity index (χ3n) is 4.10. The van der Waals surface area contributed by atoms with Gasteiger partial charge in [-0.1, -0.05) is 34.1 Å². The van der Waals surface area contributed by atoms with Gasteiger partial charge in [-0.3, -0.25) is 0 Å². The molecule has 1 aliphatic carbocycles. The van der Waals surface area contributed by atoms with Crippen molar-refractivity contribution in [2.24, 2.45) is 23.2 Å². The van der Waals surface area contributed by atoms with Crippen LogP contribution in [0.4, 0.5) is 0 Å². The fourth-order valence-electron chi connectivity index (χ4n) is 3.15. The summed E-state index contributed by atoms with van der Waals surface area (Å²) in [6, 6.07) is 0. The first-order valence-electron chi connectivity index (χ1n) is 5.61. The highest BCUT2D eigenvalue weighted by Crippen LogP contribution is 2.47. The summed E-state index contributed by atoms with van der Waals surface area (Å²) in [6.07, 6.45) is 3.87. The minimum atomic E-state index is 0.334. The van der Waals surface area contributed by atoms with E-state index in [-0.39, 0.29) is 0 Å².